The fourth-order valence-corrected chi connectivity index (χ4v) is 2.72. The number of aromatic nitrogens is 1. The van der Waals surface area contributed by atoms with Crippen LogP contribution in [0.5, 0.6) is 11.5 Å². The molecule has 0 spiro atoms. The number of carbonyl (C=O) groups excluding carboxylic acids is 1. The summed E-state index contributed by atoms with van der Waals surface area (Å²) < 4.78 is 16.7. The zero-order valence-electron chi connectivity index (χ0n) is 13.6. The Morgan fingerprint density at radius 2 is 1.88 bits per heavy atom. The summed E-state index contributed by atoms with van der Waals surface area (Å²) in [4.78, 5) is 16.6. The van der Waals surface area contributed by atoms with Crippen LogP contribution in [-0.4, -0.2) is 25.1 Å². The Morgan fingerprint density at radius 3 is 2.60 bits per heavy atom. The minimum absolute atomic E-state index is 0.183. The molecule has 128 valence electrons. The largest absolute Gasteiger partial charge is 0.493 e. The second-order valence-corrected chi connectivity index (χ2v) is 5.89. The van der Waals surface area contributed by atoms with Crippen LogP contribution in [-0.2, 0) is 0 Å². The van der Waals surface area contributed by atoms with Crippen molar-refractivity contribution in [2.45, 2.75) is 0 Å². The van der Waals surface area contributed by atoms with E-state index in [2.05, 4.69) is 26.2 Å². The molecule has 3 rings (SSSR count). The number of oxazole rings is 1. The molecule has 1 amide bonds. The average molecular weight is 403 g/mol. The zero-order chi connectivity index (χ0) is 17.8. The second kappa shape index (κ2) is 7.40. The number of carbonyl (C=O) groups is 1. The Balaban J connectivity index is 1.93. The van der Waals surface area contributed by atoms with E-state index in [0.29, 0.717) is 28.5 Å². The summed E-state index contributed by atoms with van der Waals surface area (Å²) in [6.07, 6.45) is 1.24. The number of nitrogens with zero attached hydrogens (tertiary/aromatic N) is 1. The van der Waals surface area contributed by atoms with E-state index < -0.39 is 0 Å². The van der Waals surface area contributed by atoms with E-state index in [1.165, 1.54) is 6.39 Å². The molecule has 1 aromatic heterocycles. The molecule has 0 aliphatic heterocycles. The number of amides is 1. The molecule has 0 unspecified atom stereocenters. The normalized spacial score (nSPS) is 10.4. The van der Waals surface area contributed by atoms with Gasteiger partial charge in [-0.15, -0.1) is 0 Å². The van der Waals surface area contributed by atoms with Gasteiger partial charge in [0.15, 0.2) is 29.3 Å². The maximum atomic E-state index is 12.6. The average Bonchev–Trinajstić information content (AvgIpc) is 3.13. The molecule has 0 saturated heterocycles. The lowest BCUT2D eigenvalue weighted by molar-refractivity contribution is 0.102. The van der Waals surface area contributed by atoms with Crippen molar-refractivity contribution in [1.29, 1.82) is 0 Å². The third-order valence-electron chi connectivity index (χ3n) is 3.55. The lowest BCUT2D eigenvalue weighted by Gasteiger charge is -2.09. The zero-order valence-corrected chi connectivity index (χ0v) is 15.2. The molecule has 0 atom stereocenters. The highest BCUT2D eigenvalue weighted by molar-refractivity contribution is 9.10. The molecule has 2 aromatic carbocycles. The molecule has 0 saturated carbocycles. The van der Waals surface area contributed by atoms with Crippen molar-refractivity contribution in [2.75, 3.05) is 19.5 Å². The van der Waals surface area contributed by atoms with Crippen molar-refractivity contribution in [1.82, 2.24) is 4.98 Å². The number of anilines is 1. The van der Waals surface area contributed by atoms with Gasteiger partial charge in [-0.1, -0.05) is 12.1 Å². The predicted molar refractivity (Wildman–Crippen MR) is 97.1 cm³/mol. The lowest BCUT2D eigenvalue weighted by Crippen LogP contribution is -2.13. The van der Waals surface area contributed by atoms with Gasteiger partial charge in [-0.3, -0.25) is 4.79 Å². The predicted octanol–water partition coefficient (Wildman–Crippen LogP) is 4.37. The van der Waals surface area contributed by atoms with Gasteiger partial charge in [-0.2, -0.15) is 0 Å². The second-order valence-electron chi connectivity index (χ2n) is 5.03. The van der Waals surface area contributed by atoms with E-state index in [-0.39, 0.29) is 11.6 Å². The molecule has 1 heterocycles. The van der Waals surface area contributed by atoms with Crippen LogP contribution in [0.2, 0.25) is 0 Å². The monoisotopic (exact) mass is 402 g/mol. The summed E-state index contributed by atoms with van der Waals surface area (Å²) in [7, 11) is 3.10. The summed E-state index contributed by atoms with van der Waals surface area (Å²) in [5.41, 5.74) is 1.49. The van der Waals surface area contributed by atoms with Crippen molar-refractivity contribution in [2.24, 2.45) is 0 Å². The number of methoxy groups -OCH3 is 2. The SMILES string of the molecule is COc1ccc(-c2ocnc2C(=O)Nc2ccccc2Br)cc1OC. The van der Waals surface area contributed by atoms with Crippen molar-refractivity contribution >= 4 is 27.5 Å². The highest BCUT2D eigenvalue weighted by atomic mass is 79.9. The highest BCUT2D eigenvalue weighted by Crippen LogP contribution is 2.33. The van der Waals surface area contributed by atoms with Crippen LogP contribution in [0.25, 0.3) is 11.3 Å². The summed E-state index contributed by atoms with van der Waals surface area (Å²) in [6, 6.07) is 12.6. The number of rotatable bonds is 5. The van der Waals surface area contributed by atoms with Crippen LogP contribution < -0.4 is 14.8 Å². The molecule has 0 fully saturated rings. The van der Waals surface area contributed by atoms with E-state index in [1.807, 2.05) is 18.2 Å². The van der Waals surface area contributed by atoms with Gasteiger partial charge >= 0.3 is 0 Å². The van der Waals surface area contributed by atoms with Gasteiger partial charge in [0.05, 0.1) is 19.9 Å². The van der Waals surface area contributed by atoms with Crippen LogP contribution >= 0.6 is 15.9 Å². The molecule has 0 bridgehead atoms. The van der Waals surface area contributed by atoms with E-state index >= 15 is 0 Å². The smallest absolute Gasteiger partial charge is 0.278 e. The number of halogens is 1. The molecule has 1 N–H and O–H groups in total. The fraction of sp³-hybridized carbons (Fsp3) is 0.111. The molecule has 0 aliphatic rings. The lowest BCUT2D eigenvalue weighted by atomic mass is 10.1. The Labute approximate surface area is 152 Å². The van der Waals surface area contributed by atoms with Gasteiger partial charge in [-0.05, 0) is 46.3 Å². The number of hydrogen-bond acceptors (Lipinski definition) is 5. The first kappa shape index (κ1) is 17.0. The van der Waals surface area contributed by atoms with Crippen LogP contribution in [0.1, 0.15) is 10.5 Å². The van der Waals surface area contributed by atoms with Crippen molar-refractivity contribution < 1.29 is 18.7 Å². The molecule has 7 heteroatoms. The number of para-hydroxylation sites is 1. The quantitative estimate of drug-likeness (QED) is 0.685. The topological polar surface area (TPSA) is 73.6 Å². The van der Waals surface area contributed by atoms with Gasteiger partial charge in [-0.25, -0.2) is 4.98 Å². The minimum Gasteiger partial charge on any atom is -0.493 e. The summed E-state index contributed by atoms with van der Waals surface area (Å²) >= 11 is 3.40. The standard InChI is InChI=1S/C18H15BrN2O4/c1-23-14-8-7-11(9-15(14)24-2)17-16(20-10-25-17)18(22)21-13-6-4-3-5-12(13)19/h3-10H,1-2H3,(H,21,22). The highest BCUT2D eigenvalue weighted by Gasteiger charge is 2.20. The number of hydrogen-bond donors (Lipinski definition) is 1. The van der Waals surface area contributed by atoms with Crippen molar-refractivity contribution in [3.63, 3.8) is 0 Å². The van der Waals surface area contributed by atoms with Crippen LogP contribution in [0, 0.1) is 0 Å². The third-order valence-corrected chi connectivity index (χ3v) is 4.24. The molecule has 0 radical (unpaired) electrons. The molecule has 3 aromatic rings. The van der Waals surface area contributed by atoms with E-state index in [1.54, 1.807) is 38.5 Å². The Morgan fingerprint density at radius 1 is 1.12 bits per heavy atom. The van der Waals surface area contributed by atoms with Crippen molar-refractivity contribution in [3.05, 3.63) is 59.0 Å². The molecular formula is C18H15BrN2O4. The number of benzene rings is 2. The Hall–Kier alpha value is -2.80. The van der Waals surface area contributed by atoms with Crippen LogP contribution in [0.3, 0.4) is 0 Å². The van der Waals surface area contributed by atoms with Crippen LogP contribution in [0.4, 0.5) is 5.69 Å². The maximum Gasteiger partial charge on any atom is 0.278 e. The van der Waals surface area contributed by atoms with E-state index in [0.717, 1.165) is 4.47 Å². The van der Waals surface area contributed by atoms with Gasteiger partial charge in [0.2, 0.25) is 0 Å². The minimum atomic E-state index is -0.370. The first-order valence-electron chi connectivity index (χ1n) is 7.35. The van der Waals surface area contributed by atoms with Gasteiger partial charge in [0.25, 0.3) is 5.91 Å². The maximum absolute atomic E-state index is 12.6. The van der Waals surface area contributed by atoms with Crippen LogP contribution in [0.15, 0.2) is 57.7 Å². The summed E-state index contributed by atoms with van der Waals surface area (Å²) in [6.45, 7) is 0. The van der Waals surface area contributed by atoms with Gasteiger partial charge in [0, 0.05) is 10.0 Å². The van der Waals surface area contributed by atoms with Gasteiger partial charge in [0.1, 0.15) is 0 Å². The summed E-state index contributed by atoms with van der Waals surface area (Å²) in [5, 5.41) is 2.81. The summed E-state index contributed by atoms with van der Waals surface area (Å²) in [5.74, 6) is 1.11. The number of nitrogens with one attached hydrogen (secondary N) is 1. The Bertz CT molecular complexity index is 908. The van der Waals surface area contributed by atoms with Gasteiger partial charge < -0.3 is 19.2 Å². The first-order chi connectivity index (χ1) is 12.1. The van der Waals surface area contributed by atoms with Crippen molar-refractivity contribution in [3.8, 4) is 22.8 Å². The molecule has 0 aliphatic carbocycles. The number of ether oxygens (including phenoxy) is 2. The third kappa shape index (κ3) is 3.51. The molecule has 25 heavy (non-hydrogen) atoms. The van der Waals surface area contributed by atoms with E-state index in [9.17, 15) is 4.79 Å². The Kier molecular flexibility index (Phi) is 5.04. The molecular weight excluding hydrogens is 388 g/mol. The first-order valence-corrected chi connectivity index (χ1v) is 8.15. The van der Waals surface area contributed by atoms with E-state index in [4.69, 9.17) is 13.9 Å². The molecule has 6 nitrogen and oxygen atoms in total. The fourth-order valence-electron chi connectivity index (χ4n) is 2.33.